The van der Waals surface area contributed by atoms with Crippen LogP contribution in [0.15, 0.2) is 30.3 Å². The maximum atomic E-state index is 12.4. The van der Waals surface area contributed by atoms with Crippen molar-refractivity contribution in [3.63, 3.8) is 0 Å². The first-order valence-corrected chi connectivity index (χ1v) is 6.57. The molecular formula is C15H14F3NO. The zero-order valence-electron chi connectivity index (χ0n) is 10.8. The molecule has 20 heavy (non-hydrogen) atoms. The van der Waals surface area contributed by atoms with E-state index in [2.05, 4.69) is 6.08 Å². The number of fused-ring (bicyclic) bond motifs is 2. The molecule has 3 rings (SSSR count). The van der Waals surface area contributed by atoms with Crippen LogP contribution in [0.5, 0.6) is 0 Å². The number of nitrogens with zero attached hydrogens (tertiary/aromatic N) is 1. The second-order valence-electron chi connectivity index (χ2n) is 5.37. The lowest BCUT2D eigenvalue weighted by atomic mass is 9.74. The van der Waals surface area contributed by atoms with E-state index in [1.54, 1.807) is 0 Å². The van der Waals surface area contributed by atoms with Gasteiger partial charge in [-0.1, -0.05) is 36.4 Å². The molecule has 0 bridgehead atoms. The van der Waals surface area contributed by atoms with Crippen LogP contribution in [-0.2, 0) is 10.2 Å². The van der Waals surface area contributed by atoms with Gasteiger partial charge >= 0.3 is 12.1 Å². The Hall–Kier alpha value is -1.78. The standard InChI is InChI=1S/C15H14F3NO/c16-15(17,18)13(20)19-9-7-14(8-10-19)6-5-11-3-1-2-4-12(11)14/h1-6H,7-10H2. The molecule has 1 heterocycles. The highest BCUT2D eigenvalue weighted by molar-refractivity contribution is 5.82. The Labute approximate surface area is 114 Å². The normalized spacial score (nSPS) is 20.2. The number of amides is 1. The summed E-state index contributed by atoms with van der Waals surface area (Å²) in [5.74, 6) is -1.72. The highest BCUT2D eigenvalue weighted by atomic mass is 19.4. The summed E-state index contributed by atoms with van der Waals surface area (Å²) in [6, 6.07) is 7.93. The molecule has 1 fully saturated rings. The summed E-state index contributed by atoms with van der Waals surface area (Å²) in [4.78, 5) is 12.2. The number of likely N-dealkylation sites (tertiary alicyclic amines) is 1. The number of piperidine rings is 1. The summed E-state index contributed by atoms with van der Waals surface area (Å²) < 4.78 is 37.3. The molecule has 2 aliphatic rings. The average Bonchev–Trinajstić information content (AvgIpc) is 2.78. The van der Waals surface area contributed by atoms with Gasteiger partial charge in [-0.2, -0.15) is 13.2 Å². The van der Waals surface area contributed by atoms with Crippen molar-refractivity contribution in [3.8, 4) is 0 Å². The monoisotopic (exact) mass is 281 g/mol. The van der Waals surface area contributed by atoms with Crippen LogP contribution in [0.2, 0.25) is 0 Å². The lowest BCUT2D eigenvalue weighted by Gasteiger charge is -2.39. The van der Waals surface area contributed by atoms with Gasteiger partial charge in [-0.3, -0.25) is 4.79 Å². The summed E-state index contributed by atoms with van der Waals surface area (Å²) in [5, 5.41) is 0. The Bertz CT molecular complexity index is 569. The van der Waals surface area contributed by atoms with Crippen LogP contribution >= 0.6 is 0 Å². The molecule has 1 amide bonds. The second kappa shape index (κ2) is 4.36. The van der Waals surface area contributed by atoms with E-state index in [1.165, 1.54) is 5.56 Å². The largest absolute Gasteiger partial charge is 0.471 e. The van der Waals surface area contributed by atoms with E-state index < -0.39 is 12.1 Å². The summed E-state index contributed by atoms with van der Waals surface area (Å²) >= 11 is 0. The minimum absolute atomic E-state index is 0.150. The highest BCUT2D eigenvalue weighted by Crippen LogP contribution is 2.43. The van der Waals surface area contributed by atoms with Gasteiger partial charge in [0.2, 0.25) is 0 Å². The molecule has 1 aromatic carbocycles. The topological polar surface area (TPSA) is 20.3 Å². The van der Waals surface area contributed by atoms with Gasteiger partial charge in [-0.15, -0.1) is 0 Å². The fraction of sp³-hybridized carbons (Fsp3) is 0.400. The summed E-state index contributed by atoms with van der Waals surface area (Å²) in [6.45, 7) is 0.300. The Balaban J connectivity index is 1.77. The predicted molar refractivity (Wildman–Crippen MR) is 69.0 cm³/mol. The first kappa shape index (κ1) is 13.2. The molecule has 1 saturated heterocycles. The van der Waals surface area contributed by atoms with E-state index in [0.29, 0.717) is 12.8 Å². The van der Waals surface area contributed by atoms with Crippen LogP contribution in [-0.4, -0.2) is 30.1 Å². The van der Waals surface area contributed by atoms with Crippen molar-refractivity contribution in [1.29, 1.82) is 0 Å². The molecule has 0 saturated carbocycles. The molecule has 106 valence electrons. The zero-order valence-corrected chi connectivity index (χ0v) is 10.8. The van der Waals surface area contributed by atoms with Crippen molar-refractivity contribution >= 4 is 12.0 Å². The van der Waals surface area contributed by atoms with Gasteiger partial charge in [-0.25, -0.2) is 0 Å². The van der Waals surface area contributed by atoms with E-state index in [-0.39, 0.29) is 18.5 Å². The number of hydrogen-bond donors (Lipinski definition) is 0. The fourth-order valence-corrected chi connectivity index (χ4v) is 3.16. The van der Waals surface area contributed by atoms with Crippen molar-refractivity contribution in [2.45, 2.75) is 24.4 Å². The number of rotatable bonds is 0. The number of carbonyl (C=O) groups excluding carboxylic acids is 1. The van der Waals surface area contributed by atoms with Gasteiger partial charge in [-0.05, 0) is 24.0 Å². The van der Waals surface area contributed by atoms with Crippen molar-refractivity contribution in [2.24, 2.45) is 0 Å². The third-order valence-electron chi connectivity index (χ3n) is 4.26. The first-order chi connectivity index (χ1) is 9.42. The molecule has 1 spiro atoms. The molecule has 1 aliphatic carbocycles. The molecule has 2 nitrogen and oxygen atoms in total. The highest BCUT2D eigenvalue weighted by Gasteiger charge is 2.46. The number of halogens is 3. The average molecular weight is 281 g/mol. The maximum Gasteiger partial charge on any atom is 0.471 e. The van der Waals surface area contributed by atoms with E-state index in [9.17, 15) is 18.0 Å². The third-order valence-corrected chi connectivity index (χ3v) is 4.26. The van der Waals surface area contributed by atoms with Crippen LogP contribution in [0.1, 0.15) is 24.0 Å². The lowest BCUT2D eigenvalue weighted by Crippen LogP contribution is -2.48. The SMILES string of the molecule is O=C(N1CCC2(C=Cc3ccccc32)CC1)C(F)(F)F. The number of carbonyl (C=O) groups is 1. The quantitative estimate of drug-likeness (QED) is 0.715. The minimum atomic E-state index is -4.77. The second-order valence-corrected chi connectivity index (χ2v) is 5.37. The molecule has 0 radical (unpaired) electrons. The Morgan fingerprint density at radius 1 is 1.15 bits per heavy atom. The number of benzene rings is 1. The Kier molecular flexibility index (Phi) is 2.88. The summed E-state index contributed by atoms with van der Waals surface area (Å²) in [6.07, 6.45) is 0.419. The van der Waals surface area contributed by atoms with Crippen molar-refractivity contribution in [2.75, 3.05) is 13.1 Å². The van der Waals surface area contributed by atoms with Crippen LogP contribution < -0.4 is 0 Å². The first-order valence-electron chi connectivity index (χ1n) is 6.57. The van der Waals surface area contributed by atoms with Crippen molar-refractivity contribution in [3.05, 3.63) is 41.5 Å². The number of hydrogen-bond acceptors (Lipinski definition) is 1. The number of alkyl halides is 3. The van der Waals surface area contributed by atoms with E-state index >= 15 is 0 Å². The summed E-state index contributed by atoms with van der Waals surface area (Å²) in [7, 11) is 0. The molecule has 5 heteroatoms. The van der Waals surface area contributed by atoms with Gasteiger partial charge in [0.25, 0.3) is 0 Å². The van der Waals surface area contributed by atoms with Gasteiger partial charge in [0.05, 0.1) is 0 Å². The summed E-state index contributed by atoms with van der Waals surface area (Å²) in [5.41, 5.74) is 2.10. The predicted octanol–water partition coefficient (Wildman–Crippen LogP) is 3.14. The van der Waals surface area contributed by atoms with Crippen molar-refractivity contribution < 1.29 is 18.0 Å². The molecule has 1 aromatic rings. The fourth-order valence-electron chi connectivity index (χ4n) is 3.16. The van der Waals surface area contributed by atoms with Crippen LogP contribution in [0.4, 0.5) is 13.2 Å². The smallest absolute Gasteiger partial charge is 0.335 e. The zero-order chi connectivity index (χ0) is 14.4. The lowest BCUT2D eigenvalue weighted by molar-refractivity contribution is -0.186. The Morgan fingerprint density at radius 3 is 2.45 bits per heavy atom. The third kappa shape index (κ3) is 2.01. The van der Waals surface area contributed by atoms with Crippen LogP contribution in [0, 0.1) is 0 Å². The van der Waals surface area contributed by atoms with Crippen molar-refractivity contribution in [1.82, 2.24) is 4.90 Å². The van der Waals surface area contributed by atoms with E-state index in [4.69, 9.17) is 0 Å². The Morgan fingerprint density at radius 2 is 1.80 bits per heavy atom. The number of allylic oxidation sites excluding steroid dienone is 1. The van der Waals surface area contributed by atoms with Gasteiger partial charge < -0.3 is 4.90 Å². The molecule has 0 unspecified atom stereocenters. The molecule has 0 N–H and O–H groups in total. The van der Waals surface area contributed by atoms with Gasteiger partial charge in [0.1, 0.15) is 0 Å². The maximum absolute atomic E-state index is 12.4. The minimum Gasteiger partial charge on any atom is -0.335 e. The van der Waals surface area contributed by atoms with Crippen LogP contribution in [0.3, 0.4) is 0 Å². The molecular weight excluding hydrogens is 267 g/mol. The van der Waals surface area contributed by atoms with Crippen LogP contribution in [0.25, 0.3) is 6.08 Å². The van der Waals surface area contributed by atoms with Gasteiger partial charge in [0, 0.05) is 18.5 Å². The van der Waals surface area contributed by atoms with Gasteiger partial charge in [0.15, 0.2) is 0 Å². The van der Waals surface area contributed by atoms with E-state index in [1.807, 2.05) is 30.3 Å². The van der Waals surface area contributed by atoms with E-state index in [0.717, 1.165) is 10.5 Å². The molecule has 1 aliphatic heterocycles. The molecule has 0 aromatic heterocycles. The molecule has 0 atom stereocenters.